The van der Waals surface area contributed by atoms with Crippen molar-refractivity contribution in [1.82, 2.24) is 10.6 Å². The Hall–Kier alpha value is -1.39. The zero-order valence-electron chi connectivity index (χ0n) is 7.59. The molecule has 1 rings (SSSR count). The van der Waals surface area contributed by atoms with Crippen LogP contribution in [0.5, 0.6) is 0 Å². The van der Waals surface area contributed by atoms with E-state index in [1.165, 1.54) is 0 Å². The predicted octanol–water partition coefficient (Wildman–Crippen LogP) is -0.190. The number of carbonyl (C=O) groups excluding carboxylic acids is 3. The van der Waals surface area contributed by atoms with E-state index in [-0.39, 0.29) is 12.3 Å². The molecule has 1 saturated heterocycles. The number of hydrogen-bond acceptors (Lipinski definition) is 3. The second-order valence-corrected chi connectivity index (χ2v) is 3.41. The van der Waals surface area contributed by atoms with E-state index in [9.17, 15) is 14.4 Å². The van der Waals surface area contributed by atoms with Gasteiger partial charge in [-0.05, 0) is 5.92 Å². The number of urea groups is 1. The van der Waals surface area contributed by atoms with E-state index in [1.807, 2.05) is 0 Å². The summed E-state index contributed by atoms with van der Waals surface area (Å²) >= 11 is 0. The van der Waals surface area contributed by atoms with Gasteiger partial charge in [0, 0.05) is 6.42 Å². The van der Waals surface area contributed by atoms with Gasteiger partial charge in [0.05, 0.1) is 0 Å². The summed E-state index contributed by atoms with van der Waals surface area (Å²) in [7, 11) is 0. The Balaban J connectivity index is 2.96. The average Bonchev–Trinajstić information content (AvgIpc) is 2.28. The van der Waals surface area contributed by atoms with Crippen molar-refractivity contribution >= 4 is 18.2 Å². The van der Waals surface area contributed by atoms with Crippen LogP contribution in [-0.4, -0.2) is 23.8 Å². The third-order valence-electron chi connectivity index (χ3n) is 2.36. The molecule has 2 N–H and O–H groups in total. The molecule has 5 heteroatoms. The fourth-order valence-electron chi connectivity index (χ4n) is 1.42. The van der Waals surface area contributed by atoms with Gasteiger partial charge in [-0.1, -0.05) is 13.8 Å². The normalized spacial score (nSPS) is 27.3. The molecule has 0 aromatic rings. The maximum atomic E-state index is 11.4. The monoisotopic (exact) mass is 184 g/mol. The number of rotatable bonds is 3. The lowest BCUT2D eigenvalue weighted by Crippen LogP contribution is -2.51. The Morgan fingerprint density at radius 1 is 1.46 bits per heavy atom. The lowest BCUT2D eigenvalue weighted by molar-refractivity contribution is -0.127. The lowest BCUT2D eigenvalue weighted by atomic mass is 9.84. The average molecular weight is 184 g/mol. The molecule has 0 aromatic heterocycles. The number of carbonyl (C=O) groups is 3. The first-order valence-electron chi connectivity index (χ1n) is 4.10. The van der Waals surface area contributed by atoms with Crippen molar-refractivity contribution < 1.29 is 14.4 Å². The summed E-state index contributed by atoms with van der Waals surface area (Å²) in [5.74, 6) is -0.524. The van der Waals surface area contributed by atoms with Crippen molar-refractivity contribution in [3.05, 3.63) is 0 Å². The van der Waals surface area contributed by atoms with Gasteiger partial charge in [-0.3, -0.25) is 10.1 Å². The third kappa shape index (κ3) is 1.41. The standard InChI is InChI=1S/C8H12N2O3/c1-5(2)8(3-4-11)6(12)9-7(13)10-8/h4-5H,3H2,1-2H3,(H2,9,10,12,13). The number of aldehydes is 1. The van der Waals surface area contributed by atoms with Crippen LogP contribution in [0.15, 0.2) is 0 Å². The third-order valence-corrected chi connectivity index (χ3v) is 2.36. The molecule has 0 aromatic carbocycles. The van der Waals surface area contributed by atoms with Crippen LogP contribution in [0.4, 0.5) is 4.79 Å². The number of imide groups is 1. The fraction of sp³-hybridized carbons (Fsp3) is 0.625. The van der Waals surface area contributed by atoms with E-state index in [0.29, 0.717) is 6.29 Å². The minimum Gasteiger partial charge on any atom is -0.323 e. The second-order valence-electron chi connectivity index (χ2n) is 3.41. The van der Waals surface area contributed by atoms with Crippen molar-refractivity contribution in [2.24, 2.45) is 5.92 Å². The molecule has 13 heavy (non-hydrogen) atoms. The largest absolute Gasteiger partial charge is 0.323 e. The van der Waals surface area contributed by atoms with Crippen molar-refractivity contribution in [2.75, 3.05) is 0 Å². The quantitative estimate of drug-likeness (QED) is 0.471. The summed E-state index contributed by atoms with van der Waals surface area (Å²) in [6.45, 7) is 3.57. The molecule has 1 heterocycles. The van der Waals surface area contributed by atoms with Crippen LogP contribution in [0, 0.1) is 5.92 Å². The summed E-state index contributed by atoms with van der Waals surface area (Å²) in [6.07, 6.45) is 0.660. The maximum Gasteiger partial charge on any atom is 0.322 e. The van der Waals surface area contributed by atoms with E-state index >= 15 is 0 Å². The smallest absolute Gasteiger partial charge is 0.322 e. The van der Waals surface area contributed by atoms with Gasteiger partial charge < -0.3 is 10.1 Å². The minimum absolute atomic E-state index is 0.0161. The minimum atomic E-state index is -1.04. The summed E-state index contributed by atoms with van der Waals surface area (Å²) in [5.41, 5.74) is -1.04. The Labute approximate surface area is 75.9 Å². The first-order chi connectivity index (χ1) is 6.03. The topological polar surface area (TPSA) is 75.3 Å². The summed E-state index contributed by atoms with van der Waals surface area (Å²) in [5, 5.41) is 4.61. The summed E-state index contributed by atoms with van der Waals surface area (Å²) < 4.78 is 0. The zero-order chi connectivity index (χ0) is 10.1. The molecular weight excluding hydrogens is 172 g/mol. The Bertz CT molecular complexity index is 262. The van der Waals surface area contributed by atoms with Crippen LogP contribution in [-0.2, 0) is 9.59 Å². The number of hydrogen-bond donors (Lipinski definition) is 2. The fourth-order valence-corrected chi connectivity index (χ4v) is 1.42. The summed E-state index contributed by atoms with van der Waals surface area (Å²) in [4.78, 5) is 32.7. The highest BCUT2D eigenvalue weighted by Gasteiger charge is 2.48. The Morgan fingerprint density at radius 3 is 2.38 bits per heavy atom. The van der Waals surface area contributed by atoms with Gasteiger partial charge in [-0.25, -0.2) is 4.79 Å². The molecular formula is C8H12N2O3. The Morgan fingerprint density at radius 2 is 2.08 bits per heavy atom. The van der Waals surface area contributed by atoms with Gasteiger partial charge in [0.1, 0.15) is 11.8 Å². The maximum absolute atomic E-state index is 11.4. The highest BCUT2D eigenvalue weighted by Crippen LogP contribution is 2.23. The molecule has 0 spiro atoms. The van der Waals surface area contributed by atoms with Crippen molar-refractivity contribution in [1.29, 1.82) is 0 Å². The molecule has 72 valence electrons. The molecule has 1 aliphatic rings. The van der Waals surface area contributed by atoms with Crippen LogP contribution in [0.1, 0.15) is 20.3 Å². The summed E-state index contributed by atoms with van der Waals surface area (Å²) in [6, 6.07) is -0.527. The van der Waals surface area contributed by atoms with Crippen molar-refractivity contribution in [2.45, 2.75) is 25.8 Å². The van der Waals surface area contributed by atoms with Crippen LogP contribution in [0.3, 0.4) is 0 Å². The van der Waals surface area contributed by atoms with Gasteiger partial charge in [0.2, 0.25) is 0 Å². The van der Waals surface area contributed by atoms with E-state index in [0.717, 1.165) is 0 Å². The molecule has 0 saturated carbocycles. The van der Waals surface area contributed by atoms with E-state index < -0.39 is 17.5 Å². The van der Waals surface area contributed by atoms with Gasteiger partial charge in [0.25, 0.3) is 5.91 Å². The SMILES string of the molecule is CC(C)C1(CC=O)NC(=O)NC1=O. The van der Waals surface area contributed by atoms with Crippen LogP contribution in [0.2, 0.25) is 0 Å². The lowest BCUT2D eigenvalue weighted by Gasteiger charge is -2.27. The molecule has 0 radical (unpaired) electrons. The van der Waals surface area contributed by atoms with Gasteiger partial charge in [-0.2, -0.15) is 0 Å². The molecule has 1 unspecified atom stereocenters. The van der Waals surface area contributed by atoms with Crippen molar-refractivity contribution in [3.63, 3.8) is 0 Å². The molecule has 0 aliphatic carbocycles. The van der Waals surface area contributed by atoms with E-state index in [4.69, 9.17) is 0 Å². The van der Waals surface area contributed by atoms with Gasteiger partial charge in [0.15, 0.2) is 0 Å². The molecule has 1 aliphatic heterocycles. The predicted molar refractivity (Wildman–Crippen MR) is 44.9 cm³/mol. The van der Waals surface area contributed by atoms with Gasteiger partial charge in [-0.15, -0.1) is 0 Å². The van der Waals surface area contributed by atoms with Gasteiger partial charge >= 0.3 is 6.03 Å². The zero-order valence-corrected chi connectivity index (χ0v) is 7.59. The highest BCUT2D eigenvalue weighted by molar-refractivity contribution is 6.08. The van der Waals surface area contributed by atoms with Crippen molar-refractivity contribution in [3.8, 4) is 0 Å². The molecule has 3 amide bonds. The highest BCUT2D eigenvalue weighted by atomic mass is 16.2. The van der Waals surface area contributed by atoms with Crippen LogP contribution < -0.4 is 10.6 Å². The first-order valence-corrected chi connectivity index (χ1v) is 4.10. The number of amides is 3. The van der Waals surface area contributed by atoms with Crippen LogP contribution in [0.25, 0.3) is 0 Å². The van der Waals surface area contributed by atoms with E-state index in [1.54, 1.807) is 13.8 Å². The molecule has 5 nitrogen and oxygen atoms in total. The molecule has 1 atom stereocenters. The van der Waals surface area contributed by atoms with E-state index in [2.05, 4.69) is 10.6 Å². The van der Waals surface area contributed by atoms with Crippen LogP contribution >= 0.6 is 0 Å². The first kappa shape index (κ1) is 9.70. The molecule has 1 fully saturated rings. The second kappa shape index (κ2) is 3.16. The molecule has 0 bridgehead atoms. The Kier molecular flexibility index (Phi) is 2.36. The number of nitrogens with one attached hydrogen (secondary N) is 2.